The summed E-state index contributed by atoms with van der Waals surface area (Å²) in [6.07, 6.45) is 0.586. The van der Waals surface area contributed by atoms with Crippen LogP contribution in [0.15, 0.2) is 36.4 Å². The Morgan fingerprint density at radius 1 is 1.10 bits per heavy atom. The molecule has 2 aromatic rings. The van der Waals surface area contributed by atoms with E-state index in [2.05, 4.69) is 5.32 Å². The lowest BCUT2D eigenvalue weighted by Gasteiger charge is -2.19. The average molecular weight is 281 g/mol. The first-order valence-electron chi connectivity index (χ1n) is 6.21. The van der Waals surface area contributed by atoms with Crippen LogP contribution in [0.2, 0.25) is 0 Å². The lowest BCUT2D eigenvalue weighted by Crippen LogP contribution is -2.11. The Morgan fingerprint density at radius 2 is 1.75 bits per heavy atom. The third-order valence-corrected chi connectivity index (χ3v) is 3.03. The number of halogens is 3. The van der Waals surface area contributed by atoms with Crippen LogP contribution >= 0.6 is 0 Å². The lowest BCUT2D eigenvalue weighted by molar-refractivity contribution is 0.475. The second-order valence-corrected chi connectivity index (χ2v) is 4.45. The monoisotopic (exact) mass is 281 g/mol. The molecule has 2 rings (SSSR count). The summed E-state index contributed by atoms with van der Waals surface area (Å²) in [4.78, 5) is 0. The molecule has 0 saturated carbocycles. The van der Waals surface area contributed by atoms with E-state index >= 15 is 0 Å². The molecule has 0 fully saturated rings. The molecule has 0 aromatic heterocycles. The van der Waals surface area contributed by atoms with Crippen LogP contribution in [0.5, 0.6) is 5.75 Å². The van der Waals surface area contributed by atoms with Gasteiger partial charge in [0.1, 0.15) is 11.6 Å². The van der Waals surface area contributed by atoms with Crippen LogP contribution in [0.1, 0.15) is 24.9 Å². The standard InChI is InChI=1S/C15H14F3NO/c1-2-13(9-3-5-11(20)6-4-9)19-14-8-10(16)7-12(17)15(14)18/h3-8,13,19-20H,2H2,1H3. The van der Waals surface area contributed by atoms with Gasteiger partial charge in [0.2, 0.25) is 0 Å². The van der Waals surface area contributed by atoms with Crippen molar-refractivity contribution in [3.8, 4) is 5.75 Å². The maximum absolute atomic E-state index is 13.6. The van der Waals surface area contributed by atoms with Gasteiger partial charge in [-0.1, -0.05) is 19.1 Å². The maximum Gasteiger partial charge on any atom is 0.182 e. The fraction of sp³-hybridized carbons (Fsp3) is 0.200. The Morgan fingerprint density at radius 3 is 2.35 bits per heavy atom. The second kappa shape index (κ2) is 5.86. The van der Waals surface area contributed by atoms with Gasteiger partial charge in [-0.2, -0.15) is 0 Å². The van der Waals surface area contributed by atoms with Crippen molar-refractivity contribution >= 4 is 5.69 Å². The van der Waals surface area contributed by atoms with Crippen LogP contribution in [0.4, 0.5) is 18.9 Å². The molecular weight excluding hydrogens is 267 g/mol. The summed E-state index contributed by atoms with van der Waals surface area (Å²) in [7, 11) is 0. The van der Waals surface area contributed by atoms with E-state index in [0.29, 0.717) is 12.5 Å². The van der Waals surface area contributed by atoms with Crippen molar-refractivity contribution < 1.29 is 18.3 Å². The molecule has 0 aliphatic carbocycles. The number of anilines is 1. The molecule has 0 bridgehead atoms. The highest BCUT2D eigenvalue weighted by Gasteiger charge is 2.15. The van der Waals surface area contributed by atoms with Gasteiger partial charge >= 0.3 is 0 Å². The van der Waals surface area contributed by atoms with Crippen LogP contribution in [0.25, 0.3) is 0 Å². The van der Waals surface area contributed by atoms with Gasteiger partial charge in [-0.25, -0.2) is 13.2 Å². The highest BCUT2D eigenvalue weighted by Crippen LogP contribution is 2.27. The number of aromatic hydroxyl groups is 1. The van der Waals surface area contributed by atoms with E-state index in [9.17, 15) is 18.3 Å². The predicted molar refractivity (Wildman–Crippen MR) is 71.1 cm³/mol. The molecule has 1 unspecified atom stereocenters. The van der Waals surface area contributed by atoms with E-state index in [-0.39, 0.29) is 17.5 Å². The fourth-order valence-electron chi connectivity index (χ4n) is 1.98. The SMILES string of the molecule is CCC(Nc1cc(F)cc(F)c1F)c1ccc(O)cc1. The van der Waals surface area contributed by atoms with Gasteiger partial charge in [0, 0.05) is 12.1 Å². The molecule has 1 atom stereocenters. The smallest absolute Gasteiger partial charge is 0.182 e. The number of nitrogens with one attached hydrogen (secondary N) is 1. The Kier molecular flexibility index (Phi) is 4.17. The van der Waals surface area contributed by atoms with Gasteiger partial charge in [-0.3, -0.25) is 0 Å². The van der Waals surface area contributed by atoms with Crippen molar-refractivity contribution in [2.24, 2.45) is 0 Å². The minimum Gasteiger partial charge on any atom is -0.508 e. The molecule has 2 aromatic carbocycles. The zero-order chi connectivity index (χ0) is 14.7. The van der Waals surface area contributed by atoms with Crippen molar-refractivity contribution in [1.29, 1.82) is 0 Å². The highest BCUT2D eigenvalue weighted by atomic mass is 19.2. The third-order valence-electron chi connectivity index (χ3n) is 3.03. The normalized spacial score (nSPS) is 12.2. The van der Waals surface area contributed by atoms with Crippen molar-refractivity contribution in [2.75, 3.05) is 5.32 Å². The van der Waals surface area contributed by atoms with E-state index < -0.39 is 17.5 Å². The van der Waals surface area contributed by atoms with Crippen LogP contribution in [0.3, 0.4) is 0 Å². The number of rotatable bonds is 4. The fourth-order valence-corrected chi connectivity index (χ4v) is 1.98. The second-order valence-electron chi connectivity index (χ2n) is 4.45. The van der Waals surface area contributed by atoms with Gasteiger partial charge in [-0.05, 0) is 24.1 Å². The van der Waals surface area contributed by atoms with Crippen LogP contribution in [0, 0.1) is 17.5 Å². The zero-order valence-electron chi connectivity index (χ0n) is 10.8. The van der Waals surface area contributed by atoms with Crippen LogP contribution in [-0.2, 0) is 0 Å². The molecule has 0 amide bonds. The summed E-state index contributed by atoms with van der Waals surface area (Å²) in [6.45, 7) is 1.86. The van der Waals surface area contributed by atoms with Gasteiger partial charge in [0.25, 0.3) is 0 Å². The van der Waals surface area contributed by atoms with E-state index in [4.69, 9.17) is 0 Å². The average Bonchev–Trinajstić information content (AvgIpc) is 2.42. The van der Waals surface area contributed by atoms with E-state index in [1.54, 1.807) is 12.1 Å². The number of hydrogen-bond donors (Lipinski definition) is 2. The summed E-state index contributed by atoms with van der Waals surface area (Å²) in [5.41, 5.74) is 0.566. The molecule has 0 saturated heterocycles. The first kappa shape index (κ1) is 14.2. The van der Waals surface area contributed by atoms with Gasteiger partial charge in [0.05, 0.1) is 11.7 Å². The van der Waals surface area contributed by atoms with Gasteiger partial charge in [0.15, 0.2) is 11.6 Å². The predicted octanol–water partition coefficient (Wildman–Crippen LogP) is 4.37. The number of hydrogen-bond acceptors (Lipinski definition) is 2. The molecule has 0 aliphatic rings. The molecule has 0 heterocycles. The molecule has 0 spiro atoms. The van der Waals surface area contributed by atoms with E-state index in [1.807, 2.05) is 6.92 Å². The zero-order valence-corrected chi connectivity index (χ0v) is 10.8. The van der Waals surface area contributed by atoms with E-state index in [1.165, 1.54) is 12.1 Å². The largest absolute Gasteiger partial charge is 0.508 e. The third kappa shape index (κ3) is 3.04. The molecule has 2 N–H and O–H groups in total. The molecule has 2 nitrogen and oxygen atoms in total. The molecule has 5 heteroatoms. The topological polar surface area (TPSA) is 32.3 Å². The van der Waals surface area contributed by atoms with Gasteiger partial charge < -0.3 is 10.4 Å². The molecule has 0 aliphatic heterocycles. The maximum atomic E-state index is 13.6. The minimum absolute atomic E-state index is 0.117. The van der Waals surface area contributed by atoms with Crippen LogP contribution < -0.4 is 5.32 Å². The first-order chi connectivity index (χ1) is 9.51. The molecule has 106 valence electrons. The minimum atomic E-state index is -1.23. The summed E-state index contributed by atoms with van der Waals surface area (Å²) in [5.74, 6) is -3.06. The Labute approximate surface area is 114 Å². The molecule has 20 heavy (non-hydrogen) atoms. The van der Waals surface area contributed by atoms with Crippen molar-refractivity contribution in [1.82, 2.24) is 0 Å². The first-order valence-corrected chi connectivity index (χ1v) is 6.21. The number of benzene rings is 2. The Balaban J connectivity index is 2.29. The number of phenolic OH excluding ortho intramolecular Hbond substituents is 1. The quantitative estimate of drug-likeness (QED) is 0.815. The summed E-state index contributed by atoms with van der Waals surface area (Å²) < 4.78 is 39.9. The Hall–Kier alpha value is -2.17. The molecular formula is C15H14F3NO. The van der Waals surface area contributed by atoms with Crippen molar-refractivity contribution in [2.45, 2.75) is 19.4 Å². The van der Waals surface area contributed by atoms with Crippen molar-refractivity contribution in [3.05, 3.63) is 59.4 Å². The number of phenols is 1. The lowest BCUT2D eigenvalue weighted by atomic mass is 10.0. The summed E-state index contributed by atoms with van der Waals surface area (Å²) in [6, 6.07) is 7.45. The highest BCUT2D eigenvalue weighted by molar-refractivity contribution is 5.48. The summed E-state index contributed by atoms with van der Waals surface area (Å²) >= 11 is 0. The van der Waals surface area contributed by atoms with Crippen molar-refractivity contribution in [3.63, 3.8) is 0 Å². The van der Waals surface area contributed by atoms with Gasteiger partial charge in [-0.15, -0.1) is 0 Å². The summed E-state index contributed by atoms with van der Waals surface area (Å²) in [5, 5.41) is 12.0. The van der Waals surface area contributed by atoms with E-state index in [0.717, 1.165) is 11.6 Å². The van der Waals surface area contributed by atoms with Crippen LogP contribution in [-0.4, -0.2) is 5.11 Å². The Bertz CT molecular complexity index is 599. The molecule has 0 radical (unpaired) electrons.